The fourth-order valence-corrected chi connectivity index (χ4v) is 4.28. The molecular weight excluding hydrogens is 505 g/mol. The van der Waals surface area contributed by atoms with Crippen molar-refractivity contribution in [2.24, 2.45) is 0 Å². The van der Waals surface area contributed by atoms with Crippen LogP contribution in [-0.2, 0) is 20.9 Å². The molecule has 2 aromatic rings. The summed E-state index contributed by atoms with van der Waals surface area (Å²) >= 11 is 4.16. The minimum atomic E-state index is -0.653. The van der Waals surface area contributed by atoms with Gasteiger partial charge in [-0.25, -0.2) is 4.39 Å². The van der Waals surface area contributed by atoms with Gasteiger partial charge in [0.25, 0.3) is 11.1 Å². The normalized spacial score (nSPS) is 14.8. The number of esters is 1. The van der Waals surface area contributed by atoms with Crippen molar-refractivity contribution >= 4 is 50.9 Å². The summed E-state index contributed by atoms with van der Waals surface area (Å²) in [7, 11) is 1.47. The highest BCUT2D eigenvalue weighted by molar-refractivity contribution is 9.10. The molecular formula is C22H19BrFNO6S. The first-order chi connectivity index (χ1) is 15.3. The van der Waals surface area contributed by atoms with E-state index in [2.05, 4.69) is 15.9 Å². The lowest BCUT2D eigenvalue weighted by molar-refractivity contribution is -0.145. The number of rotatable bonds is 8. The van der Waals surface area contributed by atoms with Crippen molar-refractivity contribution in [1.29, 1.82) is 0 Å². The van der Waals surface area contributed by atoms with Crippen LogP contribution in [0.4, 0.5) is 9.18 Å². The lowest BCUT2D eigenvalue weighted by Crippen LogP contribution is -2.34. The first-order valence-corrected chi connectivity index (χ1v) is 11.1. The van der Waals surface area contributed by atoms with E-state index in [1.807, 2.05) is 0 Å². The van der Waals surface area contributed by atoms with E-state index in [-0.39, 0.29) is 23.9 Å². The number of ether oxygens (including phenoxy) is 3. The summed E-state index contributed by atoms with van der Waals surface area (Å²) in [6.07, 6.45) is 1.53. The monoisotopic (exact) mass is 523 g/mol. The molecule has 0 atom stereocenters. The minimum absolute atomic E-state index is 0.124. The quantitative estimate of drug-likeness (QED) is 0.363. The fourth-order valence-electron chi connectivity index (χ4n) is 2.87. The van der Waals surface area contributed by atoms with Crippen LogP contribution in [0.25, 0.3) is 6.08 Å². The van der Waals surface area contributed by atoms with Gasteiger partial charge in [0.2, 0.25) is 0 Å². The maximum Gasteiger partial charge on any atom is 0.326 e. The van der Waals surface area contributed by atoms with Crippen molar-refractivity contribution in [3.63, 3.8) is 0 Å². The van der Waals surface area contributed by atoms with E-state index in [4.69, 9.17) is 14.2 Å². The van der Waals surface area contributed by atoms with Crippen LogP contribution >= 0.6 is 27.7 Å². The maximum absolute atomic E-state index is 13.4. The zero-order valence-electron chi connectivity index (χ0n) is 17.2. The molecule has 2 amide bonds. The zero-order valence-corrected chi connectivity index (χ0v) is 19.6. The summed E-state index contributed by atoms with van der Waals surface area (Å²) in [6.45, 7) is 1.49. The second-order valence-corrected chi connectivity index (χ2v) is 8.37. The van der Waals surface area contributed by atoms with E-state index in [1.165, 1.54) is 25.3 Å². The topological polar surface area (TPSA) is 82.1 Å². The van der Waals surface area contributed by atoms with E-state index in [9.17, 15) is 18.8 Å². The van der Waals surface area contributed by atoms with Crippen LogP contribution in [0.5, 0.6) is 11.5 Å². The standard InChI is InChI=1S/C22H19BrFNO6S/c1-3-30-19(26)11-25-21(27)18(32-22(25)28)10-14-8-16(23)20(17(9-14)29-2)31-12-13-5-4-6-15(24)7-13/h4-10H,3,11-12H2,1-2H3/b18-10+. The summed E-state index contributed by atoms with van der Waals surface area (Å²) in [5.74, 6) is -0.795. The number of carbonyl (C=O) groups excluding carboxylic acids is 3. The number of halogens is 2. The smallest absolute Gasteiger partial charge is 0.326 e. The molecule has 0 aromatic heterocycles. The Balaban J connectivity index is 1.79. The number of nitrogens with zero attached hydrogens (tertiary/aromatic N) is 1. The van der Waals surface area contributed by atoms with Crippen LogP contribution in [0.2, 0.25) is 0 Å². The predicted octanol–water partition coefficient (Wildman–Crippen LogP) is 4.78. The second-order valence-electron chi connectivity index (χ2n) is 6.53. The molecule has 1 saturated heterocycles. The Morgan fingerprint density at radius 2 is 2.03 bits per heavy atom. The largest absolute Gasteiger partial charge is 0.493 e. The average molecular weight is 524 g/mol. The molecule has 0 N–H and O–H groups in total. The van der Waals surface area contributed by atoms with Crippen molar-refractivity contribution in [3.8, 4) is 11.5 Å². The summed E-state index contributed by atoms with van der Waals surface area (Å²) < 4.78 is 29.9. The molecule has 10 heteroatoms. The highest BCUT2D eigenvalue weighted by Crippen LogP contribution is 2.39. The Morgan fingerprint density at radius 3 is 2.72 bits per heavy atom. The predicted molar refractivity (Wildman–Crippen MR) is 121 cm³/mol. The number of methoxy groups -OCH3 is 1. The van der Waals surface area contributed by atoms with Crippen LogP contribution in [0.3, 0.4) is 0 Å². The van der Waals surface area contributed by atoms with Crippen molar-refractivity contribution in [2.45, 2.75) is 13.5 Å². The van der Waals surface area contributed by atoms with Gasteiger partial charge >= 0.3 is 5.97 Å². The molecule has 0 bridgehead atoms. The van der Waals surface area contributed by atoms with Gasteiger partial charge in [-0.05, 0) is 76.1 Å². The van der Waals surface area contributed by atoms with Crippen LogP contribution in [0, 0.1) is 5.82 Å². The first-order valence-electron chi connectivity index (χ1n) is 9.48. The van der Waals surface area contributed by atoms with E-state index < -0.39 is 23.7 Å². The summed E-state index contributed by atoms with van der Waals surface area (Å²) in [4.78, 5) is 37.4. The summed E-state index contributed by atoms with van der Waals surface area (Å²) in [5.41, 5.74) is 1.23. The lowest BCUT2D eigenvalue weighted by atomic mass is 10.1. The molecule has 0 spiro atoms. The Hall–Kier alpha value is -2.85. The molecule has 1 heterocycles. The van der Waals surface area contributed by atoms with Crippen LogP contribution in [-0.4, -0.2) is 42.3 Å². The van der Waals surface area contributed by atoms with Gasteiger partial charge < -0.3 is 14.2 Å². The van der Waals surface area contributed by atoms with Gasteiger partial charge in [0, 0.05) is 0 Å². The highest BCUT2D eigenvalue weighted by Gasteiger charge is 2.36. The number of thioether (sulfide) groups is 1. The van der Waals surface area contributed by atoms with Crippen LogP contribution < -0.4 is 9.47 Å². The Bertz CT molecular complexity index is 1090. The molecule has 1 aliphatic rings. The van der Waals surface area contributed by atoms with Gasteiger partial charge in [-0.3, -0.25) is 19.3 Å². The molecule has 1 fully saturated rings. The van der Waals surface area contributed by atoms with Crippen LogP contribution in [0.15, 0.2) is 45.8 Å². The van der Waals surface area contributed by atoms with Crippen molar-refractivity contribution in [2.75, 3.05) is 20.3 Å². The molecule has 0 radical (unpaired) electrons. The van der Waals surface area contributed by atoms with Gasteiger partial charge in [0.1, 0.15) is 19.0 Å². The number of benzene rings is 2. The molecule has 0 aliphatic carbocycles. The zero-order chi connectivity index (χ0) is 23.3. The lowest BCUT2D eigenvalue weighted by Gasteiger charge is -2.14. The maximum atomic E-state index is 13.4. The number of carbonyl (C=O) groups is 3. The van der Waals surface area contributed by atoms with E-state index in [0.717, 1.165) is 16.7 Å². The highest BCUT2D eigenvalue weighted by atomic mass is 79.9. The van der Waals surface area contributed by atoms with Gasteiger partial charge in [0.15, 0.2) is 11.5 Å². The SMILES string of the molecule is CCOC(=O)CN1C(=O)S/C(=C/c2cc(Br)c(OCc3cccc(F)c3)c(OC)c2)C1=O. The average Bonchev–Trinajstić information content (AvgIpc) is 3.00. The van der Waals surface area contributed by atoms with Gasteiger partial charge in [-0.2, -0.15) is 0 Å². The van der Waals surface area contributed by atoms with E-state index in [1.54, 1.807) is 31.2 Å². The third-order valence-electron chi connectivity index (χ3n) is 4.29. The molecule has 1 aliphatic heterocycles. The Labute approximate surface area is 196 Å². The molecule has 7 nitrogen and oxygen atoms in total. The van der Waals surface area contributed by atoms with Gasteiger partial charge in [-0.15, -0.1) is 0 Å². The van der Waals surface area contributed by atoms with E-state index in [0.29, 0.717) is 27.1 Å². The van der Waals surface area contributed by atoms with Crippen molar-refractivity contribution in [1.82, 2.24) is 4.90 Å². The van der Waals surface area contributed by atoms with Crippen molar-refractivity contribution in [3.05, 3.63) is 62.7 Å². The second kappa shape index (κ2) is 10.6. The molecule has 3 rings (SSSR count). The third kappa shape index (κ3) is 5.68. The molecule has 0 unspecified atom stereocenters. The van der Waals surface area contributed by atoms with Gasteiger partial charge in [-0.1, -0.05) is 12.1 Å². The van der Waals surface area contributed by atoms with E-state index >= 15 is 0 Å². The Kier molecular flexibility index (Phi) is 7.92. The number of hydrogen-bond acceptors (Lipinski definition) is 7. The number of imide groups is 1. The molecule has 32 heavy (non-hydrogen) atoms. The number of amides is 2. The first kappa shape index (κ1) is 23.8. The molecule has 168 valence electrons. The third-order valence-corrected chi connectivity index (χ3v) is 5.78. The van der Waals surface area contributed by atoms with Crippen LogP contribution in [0.1, 0.15) is 18.1 Å². The number of hydrogen-bond donors (Lipinski definition) is 0. The van der Waals surface area contributed by atoms with Gasteiger partial charge in [0.05, 0.1) is 23.1 Å². The summed E-state index contributed by atoms with van der Waals surface area (Å²) in [6, 6.07) is 9.40. The minimum Gasteiger partial charge on any atom is -0.493 e. The van der Waals surface area contributed by atoms with Crippen molar-refractivity contribution < 1.29 is 33.0 Å². The summed E-state index contributed by atoms with van der Waals surface area (Å²) in [5, 5.41) is -0.546. The Morgan fingerprint density at radius 1 is 1.25 bits per heavy atom. The molecule has 2 aromatic carbocycles. The fraction of sp³-hybridized carbons (Fsp3) is 0.227. The molecule has 0 saturated carbocycles.